The van der Waals surface area contributed by atoms with E-state index in [1.165, 1.54) is 28.4 Å². The number of nitrogens with two attached hydrogens (primary N) is 1. The molecular weight excluding hydrogens is 294 g/mol. The normalized spacial score (nSPS) is 10.3. The summed E-state index contributed by atoms with van der Waals surface area (Å²) >= 11 is 2.68. The molecular formula is C11H7N7S2. The molecule has 7 nitrogen and oxygen atoms in total. The third kappa shape index (κ3) is 2.22. The first-order chi connectivity index (χ1) is 9.79. The molecule has 3 rings (SSSR count). The van der Waals surface area contributed by atoms with Gasteiger partial charge in [0, 0.05) is 12.4 Å². The number of nitrogens with zero attached hydrogens (tertiary/aromatic N) is 6. The van der Waals surface area contributed by atoms with E-state index in [2.05, 4.69) is 20.2 Å². The maximum absolute atomic E-state index is 8.98. The minimum Gasteiger partial charge on any atom is -0.335 e. The fourth-order valence-corrected chi connectivity index (χ4v) is 2.94. The molecule has 0 aliphatic rings. The summed E-state index contributed by atoms with van der Waals surface area (Å²) in [5.74, 6) is 6.55. The van der Waals surface area contributed by atoms with Gasteiger partial charge in [0.05, 0.1) is 4.88 Å². The van der Waals surface area contributed by atoms with Crippen LogP contribution in [-0.4, -0.2) is 24.8 Å². The SMILES string of the molecule is N#Cc1nccnc1Sc1nnc(-c2cccs2)n1N. The molecule has 0 radical (unpaired) electrons. The van der Waals surface area contributed by atoms with E-state index < -0.39 is 0 Å². The number of nitriles is 1. The highest BCUT2D eigenvalue weighted by molar-refractivity contribution is 7.99. The van der Waals surface area contributed by atoms with Crippen molar-refractivity contribution in [3.63, 3.8) is 0 Å². The molecule has 9 heteroatoms. The Morgan fingerprint density at radius 2 is 2.15 bits per heavy atom. The maximum atomic E-state index is 8.98. The lowest BCUT2D eigenvalue weighted by Crippen LogP contribution is -2.11. The Bertz CT molecular complexity index is 772. The number of thiophene rings is 1. The largest absolute Gasteiger partial charge is 0.335 e. The Kier molecular flexibility index (Phi) is 3.32. The van der Waals surface area contributed by atoms with Crippen LogP contribution in [0.1, 0.15) is 5.69 Å². The lowest BCUT2D eigenvalue weighted by Gasteiger charge is -2.02. The molecule has 0 aromatic carbocycles. The molecule has 0 atom stereocenters. The van der Waals surface area contributed by atoms with Crippen molar-refractivity contribution in [3.05, 3.63) is 35.6 Å². The molecule has 0 saturated heterocycles. The molecule has 0 bridgehead atoms. The van der Waals surface area contributed by atoms with E-state index in [4.69, 9.17) is 11.1 Å². The molecule has 0 spiro atoms. The Balaban J connectivity index is 1.95. The minimum atomic E-state index is 0.234. The van der Waals surface area contributed by atoms with Gasteiger partial charge in [-0.25, -0.2) is 14.6 Å². The van der Waals surface area contributed by atoms with Crippen molar-refractivity contribution < 1.29 is 0 Å². The van der Waals surface area contributed by atoms with Gasteiger partial charge in [-0.2, -0.15) is 5.26 Å². The first kappa shape index (κ1) is 12.6. The number of rotatable bonds is 3. The highest BCUT2D eigenvalue weighted by Gasteiger charge is 2.16. The highest BCUT2D eigenvalue weighted by atomic mass is 32.2. The molecule has 2 N–H and O–H groups in total. The Hall–Kier alpha value is -2.44. The Morgan fingerprint density at radius 3 is 2.90 bits per heavy atom. The smallest absolute Gasteiger partial charge is 0.216 e. The van der Waals surface area contributed by atoms with Crippen LogP contribution in [0.2, 0.25) is 0 Å². The zero-order valence-electron chi connectivity index (χ0n) is 9.96. The number of nitrogen functional groups attached to an aromatic ring is 1. The van der Waals surface area contributed by atoms with Gasteiger partial charge in [0.15, 0.2) is 11.5 Å². The van der Waals surface area contributed by atoms with Crippen LogP contribution in [0.5, 0.6) is 0 Å². The van der Waals surface area contributed by atoms with Crippen LogP contribution in [0.15, 0.2) is 40.1 Å². The summed E-state index contributed by atoms with van der Waals surface area (Å²) in [5, 5.41) is 19.9. The van der Waals surface area contributed by atoms with Gasteiger partial charge in [0.1, 0.15) is 11.1 Å². The standard InChI is InChI=1S/C11H7N7S2/c12-6-7-10(15-4-3-14-7)20-11-17-16-9(18(11)13)8-2-1-5-19-8/h1-5H,13H2. The van der Waals surface area contributed by atoms with E-state index in [9.17, 15) is 0 Å². The molecule has 0 aliphatic carbocycles. The van der Waals surface area contributed by atoms with Crippen LogP contribution < -0.4 is 5.84 Å². The van der Waals surface area contributed by atoms with E-state index in [-0.39, 0.29) is 5.69 Å². The summed E-state index contributed by atoms with van der Waals surface area (Å²) in [5.41, 5.74) is 0.234. The lowest BCUT2D eigenvalue weighted by atomic mass is 10.4. The van der Waals surface area contributed by atoms with Crippen LogP contribution in [0.3, 0.4) is 0 Å². The third-order valence-corrected chi connectivity index (χ3v) is 4.18. The van der Waals surface area contributed by atoms with Crippen molar-refractivity contribution in [3.8, 4) is 16.8 Å². The maximum Gasteiger partial charge on any atom is 0.216 e. The summed E-state index contributed by atoms with van der Waals surface area (Å²) < 4.78 is 1.38. The van der Waals surface area contributed by atoms with Crippen LogP contribution in [0, 0.1) is 11.3 Å². The summed E-state index contributed by atoms with van der Waals surface area (Å²) in [6, 6.07) is 5.81. The van der Waals surface area contributed by atoms with Crippen molar-refractivity contribution in [2.75, 3.05) is 5.84 Å². The second-order valence-electron chi connectivity index (χ2n) is 3.58. The topological polar surface area (TPSA) is 106 Å². The van der Waals surface area contributed by atoms with Gasteiger partial charge in [0.2, 0.25) is 5.16 Å². The fourth-order valence-electron chi connectivity index (χ4n) is 1.48. The van der Waals surface area contributed by atoms with Gasteiger partial charge in [-0.15, -0.1) is 21.5 Å². The van der Waals surface area contributed by atoms with Crippen LogP contribution >= 0.6 is 23.1 Å². The zero-order valence-corrected chi connectivity index (χ0v) is 11.6. The first-order valence-electron chi connectivity index (χ1n) is 5.43. The zero-order chi connectivity index (χ0) is 13.9. The van der Waals surface area contributed by atoms with E-state index in [1.54, 1.807) is 0 Å². The fraction of sp³-hybridized carbons (Fsp3) is 0. The second kappa shape index (κ2) is 5.28. The third-order valence-electron chi connectivity index (χ3n) is 2.36. The first-order valence-corrected chi connectivity index (χ1v) is 7.12. The second-order valence-corrected chi connectivity index (χ2v) is 5.48. The van der Waals surface area contributed by atoms with Crippen molar-refractivity contribution in [2.45, 2.75) is 10.2 Å². The summed E-state index contributed by atoms with van der Waals surface area (Å²) in [6.07, 6.45) is 2.98. The monoisotopic (exact) mass is 301 g/mol. The summed E-state index contributed by atoms with van der Waals surface area (Å²) in [7, 11) is 0. The number of hydrogen-bond donors (Lipinski definition) is 1. The summed E-state index contributed by atoms with van der Waals surface area (Å²) in [4.78, 5) is 8.96. The average molecular weight is 301 g/mol. The van der Waals surface area contributed by atoms with E-state index in [0.717, 1.165) is 16.6 Å². The van der Waals surface area contributed by atoms with Crippen molar-refractivity contribution in [1.29, 1.82) is 5.26 Å². The minimum absolute atomic E-state index is 0.234. The molecule has 3 aromatic rings. The predicted molar refractivity (Wildman–Crippen MR) is 74.4 cm³/mol. The predicted octanol–water partition coefficient (Wildman–Crippen LogP) is 1.53. The molecule has 98 valence electrons. The van der Waals surface area contributed by atoms with Gasteiger partial charge in [0.25, 0.3) is 0 Å². The van der Waals surface area contributed by atoms with Crippen LogP contribution in [0.25, 0.3) is 10.7 Å². The number of aromatic nitrogens is 5. The number of hydrogen-bond acceptors (Lipinski definition) is 8. The van der Waals surface area contributed by atoms with Gasteiger partial charge >= 0.3 is 0 Å². The van der Waals surface area contributed by atoms with Gasteiger partial charge in [-0.05, 0) is 23.2 Å². The van der Waals surface area contributed by atoms with Crippen molar-refractivity contribution >= 4 is 23.1 Å². The average Bonchev–Trinajstić information content (AvgIpc) is 3.10. The van der Waals surface area contributed by atoms with Gasteiger partial charge in [-0.3, -0.25) is 0 Å². The quantitative estimate of drug-likeness (QED) is 0.731. The molecule has 3 aromatic heterocycles. The summed E-state index contributed by atoms with van der Waals surface area (Å²) in [6.45, 7) is 0. The molecule has 3 heterocycles. The lowest BCUT2D eigenvalue weighted by molar-refractivity contribution is 0.846. The van der Waals surface area contributed by atoms with Gasteiger partial charge < -0.3 is 5.84 Å². The Morgan fingerprint density at radius 1 is 1.30 bits per heavy atom. The van der Waals surface area contributed by atoms with Gasteiger partial charge in [-0.1, -0.05) is 6.07 Å². The highest BCUT2D eigenvalue weighted by Crippen LogP contribution is 2.29. The molecule has 0 amide bonds. The molecule has 0 saturated carbocycles. The molecule has 0 fully saturated rings. The molecule has 20 heavy (non-hydrogen) atoms. The molecule has 0 unspecified atom stereocenters. The van der Waals surface area contributed by atoms with Crippen molar-refractivity contribution in [1.82, 2.24) is 24.8 Å². The van der Waals surface area contributed by atoms with E-state index in [0.29, 0.717) is 16.0 Å². The van der Waals surface area contributed by atoms with Crippen LogP contribution in [0.4, 0.5) is 0 Å². The van der Waals surface area contributed by atoms with Crippen molar-refractivity contribution in [2.24, 2.45) is 0 Å². The Labute approximate surface area is 122 Å². The molecule has 0 aliphatic heterocycles. The van der Waals surface area contributed by atoms with Crippen LogP contribution in [-0.2, 0) is 0 Å². The van der Waals surface area contributed by atoms with E-state index >= 15 is 0 Å². The van der Waals surface area contributed by atoms with E-state index in [1.807, 2.05) is 23.6 Å².